The minimum atomic E-state index is -2.17. The van der Waals surface area contributed by atoms with E-state index >= 15 is 0 Å². The summed E-state index contributed by atoms with van der Waals surface area (Å²) >= 11 is 0. The number of aliphatic hydroxyl groups excluding tert-OH is 17. The molecule has 0 radical (unpaired) electrons. The van der Waals surface area contributed by atoms with Crippen LogP contribution in [0.1, 0.15) is 13.8 Å². The van der Waals surface area contributed by atoms with Crippen molar-refractivity contribution in [2.75, 3.05) is 46.8 Å². The van der Waals surface area contributed by atoms with Crippen LogP contribution in [0, 0.1) is 0 Å². The Morgan fingerprint density at radius 1 is 0.365 bits per heavy atom. The maximum Gasteiger partial charge on any atom is 0.217 e. The van der Waals surface area contributed by atoms with Gasteiger partial charge in [0.1, 0.15) is 146 Å². The van der Waals surface area contributed by atoms with Crippen LogP contribution in [0.2, 0.25) is 0 Å². The van der Waals surface area contributed by atoms with Gasteiger partial charge in [-0.2, -0.15) is 0 Å². The van der Waals surface area contributed by atoms with Crippen molar-refractivity contribution in [3.05, 3.63) is 0 Å². The summed E-state index contributed by atoms with van der Waals surface area (Å²) in [4.78, 5) is 25.0. The number of carbonyl (C=O) groups excluding carboxylic acids is 2. The van der Waals surface area contributed by atoms with Gasteiger partial charge in [-0.15, -0.1) is 0 Å². The molecule has 0 spiro atoms. The fraction of sp³-hybridized carbons (Fsp3) is 0.951. The average molecular weight is 1090 g/mol. The van der Waals surface area contributed by atoms with Gasteiger partial charge in [0, 0.05) is 21.0 Å². The van der Waals surface area contributed by atoms with Gasteiger partial charge in [-0.05, 0) is 0 Å². The van der Waals surface area contributed by atoms with E-state index in [1.807, 2.05) is 0 Å². The van der Waals surface area contributed by atoms with Gasteiger partial charge in [0.05, 0.1) is 39.6 Å². The molecule has 430 valence electrons. The summed E-state index contributed by atoms with van der Waals surface area (Å²) in [6, 6.07) is -3.36. The van der Waals surface area contributed by atoms with Crippen molar-refractivity contribution >= 4 is 11.8 Å². The smallest absolute Gasteiger partial charge is 0.217 e. The quantitative estimate of drug-likeness (QED) is 0.0571. The van der Waals surface area contributed by atoms with Crippen molar-refractivity contribution in [3.8, 4) is 0 Å². The van der Waals surface area contributed by atoms with E-state index in [-0.39, 0.29) is 0 Å². The van der Waals surface area contributed by atoms with Crippen molar-refractivity contribution in [2.45, 2.75) is 198 Å². The molecule has 0 unspecified atom stereocenters. The zero-order valence-electron chi connectivity index (χ0n) is 39.9. The normalized spacial score (nSPS) is 49.2. The summed E-state index contributed by atoms with van der Waals surface area (Å²) in [5.41, 5.74) is 0. The summed E-state index contributed by atoms with van der Waals surface area (Å²) in [7, 11) is 1.12. The number of rotatable bonds is 19. The number of carbonyl (C=O) groups is 2. The molecule has 0 aromatic rings. The van der Waals surface area contributed by atoms with Crippen molar-refractivity contribution < 1.29 is 153 Å². The maximum absolute atomic E-state index is 12.6. The molecule has 2 amide bonds. The highest BCUT2D eigenvalue weighted by Gasteiger charge is 2.57. The third-order valence-electron chi connectivity index (χ3n) is 13.4. The molecule has 6 aliphatic heterocycles. The predicted molar refractivity (Wildman–Crippen MR) is 227 cm³/mol. The molecule has 6 saturated heterocycles. The lowest BCUT2D eigenvalue weighted by Crippen LogP contribution is -2.69. The van der Waals surface area contributed by atoms with Crippen molar-refractivity contribution in [1.29, 1.82) is 0 Å². The zero-order valence-corrected chi connectivity index (χ0v) is 39.9. The number of nitrogens with one attached hydrogen (secondary N) is 2. The van der Waals surface area contributed by atoms with Crippen LogP contribution in [0.5, 0.6) is 0 Å². The second kappa shape index (κ2) is 26.6. The number of aliphatic hydroxyl groups is 17. The lowest BCUT2D eigenvalue weighted by Gasteiger charge is -2.49. The Labute approximate surface area is 420 Å². The fourth-order valence-electron chi connectivity index (χ4n) is 9.28. The van der Waals surface area contributed by atoms with Crippen LogP contribution >= 0.6 is 0 Å². The molecule has 6 fully saturated rings. The predicted octanol–water partition coefficient (Wildman–Crippen LogP) is -13.2. The van der Waals surface area contributed by atoms with E-state index in [1.165, 1.54) is 0 Å². The summed E-state index contributed by atoms with van der Waals surface area (Å²) in [6.07, 6.45) is -50.7. The van der Waals surface area contributed by atoms with E-state index in [1.54, 1.807) is 0 Å². The first-order valence-electron chi connectivity index (χ1n) is 23.5. The van der Waals surface area contributed by atoms with E-state index in [0.29, 0.717) is 0 Å². The van der Waals surface area contributed by atoms with Crippen molar-refractivity contribution in [3.63, 3.8) is 0 Å². The summed E-state index contributed by atoms with van der Waals surface area (Å²) in [5, 5.41) is 186. The third-order valence-corrected chi connectivity index (χ3v) is 13.4. The van der Waals surface area contributed by atoms with E-state index in [0.717, 1.165) is 21.0 Å². The molecular formula is C41H70N2O31. The highest BCUT2D eigenvalue weighted by molar-refractivity contribution is 5.73. The van der Waals surface area contributed by atoms with E-state index in [2.05, 4.69) is 10.6 Å². The Hall–Kier alpha value is -2.22. The van der Waals surface area contributed by atoms with Crippen LogP contribution in [-0.2, 0) is 66.4 Å². The van der Waals surface area contributed by atoms with Gasteiger partial charge < -0.3 is 154 Å². The van der Waals surface area contributed by atoms with Crippen LogP contribution in [-0.4, -0.2) is 329 Å². The van der Waals surface area contributed by atoms with Gasteiger partial charge in [-0.3, -0.25) is 9.59 Å². The molecule has 30 atom stereocenters. The van der Waals surface area contributed by atoms with Crippen LogP contribution in [0.25, 0.3) is 0 Å². The molecule has 6 heterocycles. The Kier molecular flexibility index (Phi) is 21.9. The van der Waals surface area contributed by atoms with E-state index in [9.17, 15) is 96.4 Å². The first-order valence-corrected chi connectivity index (χ1v) is 23.5. The molecule has 19 N–H and O–H groups in total. The van der Waals surface area contributed by atoms with Gasteiger partial charge in [0.2, 0.25) is 11.8 Å². The lowest BCUT2D eigenvalue weighted by atomic mass is 9.94. The maximum atomic E-state index is 12.6. The molecular weight excluding hydrogens is 1020 g/mol. The van der Waals surface area contributed by atoms with Gasteiger partial charge in [-0.25, -0.2) is 0 Å². The highest BCUT2D eigenvalue weighted by Crippen LogP contribution is 2.35. The van der Waals surface area contributed by atoms with Gasteiger partial charge >= 0.3 is 0 Å². The topological polar surface area (TPSA) is 513 Å². The first kappa shape index (κ1) is 61.0. The standard InChI is InChI=1S/C41H70N2O31/c1-10(48)42-18-24(54)33(72-39-31(61)26(56)20(50)12(4-44)66-39)14(6-46)68-36(18)64-8-17-23(53)29(59)35(41(71-17)65-9-16-22(52)28(58)30(60)38(63-3)70-16)74-37-19(43-11(2)49)25(55)34(15(7-47)69-37)73-40-32(62)27(57)21(51)13(5-45)67-40/h12-41,44-47,50-62H,4-9H2,1-3H3,(H,42,48)(H,43,49)/t12-,13-,14-,15-,16-,17-,18-,19-,20+,21+,22-,23-,24-,25-,26+,27+,28+,29+,30+,31-,32-,33-,34-,35+,36-,37+,38+,39+,40+,41+/m1/s1. The lowest BCUT2D eigenvalue weighted by molar-refractivity contribution is -0.379. The van der Waals surface area contributed by atoms with Crippen LogP contribution in [0.3, 0.4) is 0 Å². The second-order valence-corrected chi connectivity index (χ2v) is 18.5. The largest absolute Gasteiger partial charge is 0.394 e. The first-order chi connectivity index (χ1) is 35.0. The average Bonchev–Trinajstić information content (AvgIpc) is 3.37. The second-order valence-electron chi connectivity index (χ2n) is 18.5. The third kappa shape index (κ3) is 13.3. The molecule has 0 saturated carbocycles. The van der Waals surface area contributed by atoms with Gasteiger partial charge in [0.25, 0.3) is 0 Å². The van der Waals surface area contributed by atoms with Crippen LogP contribution < -0.4 is 10.6 Å². The summed E-state index contributed by atoms with van der Waals surface area (Å²) < 4.78 is 68.5. The minimum absolute atomic E-state index is 0.776. The summed E-state index contributed by atoms with van der Waals surface area (Å²) in [6.45, 7) is -3.20. The SMILES string of the molecule is CO[C@H]1O[C@H](CO[C@H]2O[C@H](CO[C@@H]3O[C@H](CO)[C@@H](O[C@@H]4O[C@H](CO)[C@H](O)[C@H](O)[C@H]4O)[C@H](O)[C@H]3NC(C)=O)[C@@H](O)[C@H](O)[C@@H]2O[C@@H]2O[C@H](CO)[C@@H](O[C@@H]3O[C@H](CO)[C@H](O)[C@H](O)[C@H]3O)[C@H](O)[C@H]2NC(C)=O)[C@@H](O)[C@H](O)[C@@H]1O. The van der Waals surface area contributed by atoms with Gasteiger partial charge in [-0.1, -0.05) is 0 Å². The number of hydrogen-bond donors (Lipinski definition) is 19. The Morgan fingerprint density at radius 3 is 1.11 bits per heavy atom. The number of hydrogen-bond acceptors (Lipinski definition) is 31. The molecule has 0 aliphatic carbocycles. The Morgan fingerprint density at radius 2 is 0.689 bits per heavy atom. The van der Waals surface area contributed by atoms with Crippen molar-refractivity contribution in [1.82, 2.24) is 10.6 Å². The van der Waals surface area contributed by atoms with Crippen molar-refractivity contribution in [2.24, 2.45) is 0 Å². The number of ether oxygens (including phenoxy) is 12. The molecule has 0 bridgehead atoms. The summed E-state index contributed by atoms with van der Waals surface area (Å²) in [5.74, 6) is -1.60. The molecule has 0 aromatic carbocycles. The monoisotopic (exact) mass is 1090 g/mol. The molecule has 0 aromatic heterocycles. The highest BCUT2D eigenvalue weighted by atomic mass is 16.8. The minimum Gasteiger partial charge on any atom is -0.394 e. The van der Waals surface area contributed by atoms with E-state index < -0.39 is 236 Å². The van der Waals surface area contributed by atoms with Gasteiger partial charge in [0.15, 0.2) is 37.7 Å². The zero-order chi connectivity index (χ0) is 54.6. The van der Waals surface area contributed by atoms with Crippen LogP contribution in [0.15, 0.2) is 0 Å². The van der Waals surface area contributed by atoms with E-state index in [4.69, 9.17) is 56.8 Å². The fourth-order valence-corrected chi connectivity index (χ4v) is 9.28. The molecule has 33 heteroatoms. The van der Waals surface area contributed by atoms with Crippen LogP contribution in [0.4, 0.5) is 0 Å². The molecule has 6 rings (SSSR count). The molecule has 6 aliphatic rings. The number of methoxy groups -OCH3 is 1. The Bertz CT molecular complexity index is 1760. The number of amides is 2. The molecule has 33 nitrogen and oxygen atoms in total. The Balaban J connectivity index is 1.24. The molecule has 74 heavy (non-hydrogen) atoms.